The van der Waals surface area contributed by atoms with Gasteiger partial charge in [-0.25, -0.2) is 9.78 Å². The Hall–Kier alpha value is -2.40. The summed E-state index contributed by atoms with van der Waals surface area (Å²) in [5.41, 5.74) is 2.69. The fraction of sp³-hybridized carbons (Fsp3) is 0.294. The number of fused-ring (bicyclic) bond motifs is 3. The first-order valence-electron chi connectivity index (χ1n) is 7.31. The summed E-state index contributed by atoms with van der Waals surface area (Å²) in [4.78, 5) is 16.1. The van der Waals surface area contributed by atoms with E-state index >= 15 is 0 Å². The van der Waals surface area contributed by atoms with Crippen molar-refractivity contribution in [1.29, 1.82) is 0 Å². The molecule has 0 bridgehead atoms. The molecule has 0 unspecified atom stereocenters. The number of methoxy groups -OCH3 is 1. The Labute approximate surface area is 128 Å². The van der Waals surface area contributed by atoms with E-state index in [1.807, 2.05) is 24.3 Å². The first-order valence-corrected chi connectivity index (χ1v) is 7.31. The number of ether oxygens (including phenoxy) is 1. The van der Waals surface area contributed by atoms with Crippen molar-refractivity contribution in [3.05, 3.63) is 41.7 Å². The summed E-state index contributed by atoms with van der Waals surface area (Å²) < 4.78 is 6.92. The Kier molecular flexibility index (Phi) is 3.81. The zero-order valence-electron chi connectivity index (χ0n) is 12.7. The van der Waals surface area contributed by atoms with Gasteiger partial charge in [0, 0.05) is 22.8 Å². The maximum Gasteiger partial charge on any atom is 0.356 e. The third-order valence-electron chi connectivity index (χ3n) is 3.81. The van der Waals surface area contributed by atoms with Crippen molar-refractivity contribution in [3.63, 3.8) is 0 Å². The molecule has 0 saturated carbocycles. The molecule has 22 heavy (non-hydrogen) atoms. The third-order valence-corrected chi connectivity index (χ3v) is 3.81. The fourth-order valence-electron chi connectivity index (χ4n) is 2.93. The van der Waals surface area contributed by atoms with Gasteiger partial charge in [0.15, 0.2) is 0 Å². The van der Waals surface area contributed by atoms with E-state index in [1.54, 1.807) is 6.07 Å². The van der Waals surface area contributed by atoms with Crippen LogP contribution in [0.2, 0.25) is 0 Å². The summed E-state index contributed by atoms with van der Waals surface area (Å²) in [6, 6.07) is 9.76. The quantitative estimate of drug-likeness (QED) is 0.752. The predicted octanol–water partition coefficient (Wildman–Crippen LogP) is 2.88. The van der Waals surface area contributed by atoms with Crippen LogP contribution < -0.4 is 0 Å². The second kappa shape index (κ2) is 5.77. The van der Waals surface area contributed by atoms with Gasteiger partial charge in [-0.15, -0.1) is 0 Å². The van der Waals surface area contributed by atoms with Gasteiger partial charge in [-0.1, -0.05) is 25.1 Å². The van der Waals surface area contributed by atoms with E-state index in [9.17, 15) is 9.90 Å². The molecular formula is C17H18N2O3. The van der Waals surface area contributed by atoms with Gasteiger partial charge in [0.05, 0.1) is 24.9 Å². The number of carbonyl (C=O) groups excluding carboxylic acids is 1. The largest absolute Gasteiger partial charge is 0.464 e. The van der Waals surface area contributed by atoms with Crippen LogP contribution in [0.1, 0.15) is 29.5 Å². The van der Waals surface area contributed by atoms with Crippen molar-refractivity contribution in [2.45, 2.75) is 26.5 Å². The molecule has 2 heterocycles. The summed E-state index contributed by atoms with van der Waals surface area (Å²) >= 11 is 0. The number of carbonyl (C=O) groups is 1. The molecule has 3 rings (SSSR count). The molecular weight excluding hydrogens is 280 g/mol. The van der Waals surface area contributed by atoms with E-state index in [0.717, 1.165) is 34.8 Å². The number of aryl methyl sites for hydroxylation is 1. The van der Waals surface area contributed by atoms with E-state index in [-0.39, 0.29) is 12.3 Å². The van der Waals surface area contributed by atoms with Crippen molar-refractivity contribution in [1.82, 2.24) is 9.55 Å². The minimum absolute atomic E-state index is 0.221. The highest BCUT2D eigenvalue weighted by Gasteiger charge is 2.18. The highest BCUT2D eigenvalue weighted by atomic mass is 16.5. The predicted molar refractivity (Wildman–Crippen MR) is 84.8 cm³/mol. The normalized spacial score (nSPS) is 11.2. The summed E-state index contributed by atoms with van der Waals surface area (Å²) in [6.45, 7) is 2.72. The van der Waals surface area contributed by atoms with Crippen LogP contribution in [-0.4, -0.2) is 27.7 Å². The van der Waals surface area contributed by atoms with E-state index in [2.05, 4.69) is 16.5 Å². The van der Waals surface area contributed by atoms with Crippen molar-refractivity contribution >= 4 is 27.8 Å². The standard InChI is InChI=1S/C17H18N2O3/c1-3-8-19-15-7-5-4-6-11(15)12-9-13(17(21)22-2)18-14(10-20)16(12)19/h4-7,9,20H,3,8,10H2,1-2H3. The second-order valence-electron chi connectivity index (χ2n) is 5.17. The van der Waals surface area contributed by atoms with Crippen LogP contribution >= 0.6 is 0 Å². The molecule has 114 valence electrons. The lowest BCUT2D eigenvalue weighted by Gasteiger charge is -2.09. The summed E-state index contributed by atoms with van der Waals surface area (Å²) in [6.07, 6.45) is 0.970. The topological polar surface area (TPSA) is 64.4 Å². The lowest BCUT2D eigenvalue weighted by Crippen LogP contribution is -2.08. The number of esters is 1. The Balaban J connectivity index is 2.44. The molecule has 1 N–H and O–H groups in total. The maximum atomic E-state index is 11.8. The van der Waals surface area contributed by atoms with Gasteiger partial charge < -0.3 is 14.4 Å². The smallest absolute Gasteiger partial charge is 0.356 e. The van der Waals surface area contributed by atoms with E-state index in [0.29, 0.717) is 5.69 Å². The number of rotatable bonds is 4. The monoisotopic (exact) mass is 298 g/mol. The maximum absolute atomic E-state index is 11.8. The molecule has 0 spiro atoms. The summed E-state index contributed by atoms with van der Waals surface area (Å²) in [7, 11) is 1.33. The third kappa shape index (κ3) is 2.14. The second-order valence-corrected chi connectivity index (χ2v) is 5.17. The van der Waals surface area contributed by atoms with Crippen LogP contribution in [0.5, 0.6) is 0 Å². The Morgan fingerprint density at radius 2 is 2.09 bits per heavy atom. The number of nitrogens with zero attached hydrogens (tertiary/aromatic N) is 2. The molecule has 0 amide bonds. The molecule has 0 aliphatic rings. The molecule has 0 atom stereocenters. The van der Waals surface area contributed by atoms with Gasteiger partial charge in [0.2, 0.25) is 0 Å². The molecule has 2 aromatic heterocycles. The minimum Gasteiger partial charge on any atom is -0.464 e. The number of pyridine rings is 1. The number of hydrogen-bond acceptors (Lipinski definition) is 4. The number of benzene rings is 1. The fourth-order valence-corrected chi connectivity index (χ4v) is 2.93. The van der Waals surface area contributed by atoms with Gasteiger partial charge in [-0.2, -0.15) is 0 Å². The van der Waals surface area contributed by atoms with Gasteiger partial charge in [0.1, 0.15) is 5.69 Å². The Morgan fingerprint density at radius 3 is 2.77 bits per heavy atom. The van der Waals surface area contributed by atoms with Crippen LogP contribution in [0.25, 0.3) is 21.8 Å². The first kappa shape index (κ1) is 14.5. The van der Waals surface area contributed by atoms with E-state index in [1.165, 1.54) is 7.11 Å². The van der Waals surface area contributed by atoms with Gasteiger partial charge in [-0.3, -0.25) is 0 Å². The number of hydrogen-bond donors (Lipinski definition) is 1. The molecule has 5 nitrogen and oxygen atoms in total. The molecule has 0 saturated heterocycles. The number of aliphatic hydroxyl groups is 1. The average molecular weight is 298 g/mol. The molecule has 3 aromatic rings. The first-order chi connectivity index (χ1) is 10.7. The molecule has 0 fully saturated rings. The molecule has 5 heteroatoms. The molecule has 0 radical (unpaired) electrons. The Morgan fingerprint density at radius 1 is 1.32 bits per heavy atom. The van der Waals surface area contributed by atoms with Crippen molar-refractivity contribution in [2.24, 2.45) is 0 Å². The zero-order chi connectivity index (χ0) is 15.7. The van der Waals surface area contributed by atoms with Gasteiger partial charge in [-0.05, 0) is 18.6 Å². The lowest BCUT2D eigenvalue weighted by molar-refractivity contribution is 0.0593. The zero-order valence-corrected chi connectivity index (χ0v) is 12.7. The van der Waals surface area contributed by atoms with Crippen LogP contribution in [0.15, 0.2) is 30.3 Å². The highest BCUT2D eigenvalue weighted by molar-refractivity contribution is 6.10. The molecule has 1 aromatic carbocycles. The van der Waals surface area contributed by atoms with Gasteiger partial charge >= 0.3 is 5.97 Å². The van der Waals surface area contributed by atoms with Crippen LogP contribution in [0.4, 0.5) is 0 Å². The van der Waals surface area contributed by atoms with E-state index in [4.69, 9.17) is 4.74 Å². The number of aliphatic hydroxyl groups excluding tert-OH is 1. The molecule has 0 aliphatic heterocycles. The van der Waals surface area contributed by atoms with Crippen molar-refractivity contribution < 1.29 is 14.6 Å². The number of para-hydroxylation sites is 1. The van der Waals surface area contributed by atoms with Crippen molar-refractivity contribution in [3.8, 4) is 0 Å². The van der Waals surface area contributed by atoms with Crippen molar-refractivity contribution in [2.75, 3.05) is 7.11 Å². The highest BCUT2D eigenvalue weighted by Crippen LogP contribution is 2.31. The van der Waals surface area contributed by atoms with Crippen LogP contribution in [0, 0.1) is 0 Å². The van der Waals surface area contributed by atoms with Crippen LogP contribution in [-0.2, 0) is 17.9 Å². The number of aromatic nitrogens is 2. The van der Waals surface area contributed by atoms with Gasteiger partial charge in [0.25, 0.3) is 0 Å². The van der Waals surface area contributed by atoms with Crippen LogP contribution in [0.3, 0.4) is 0 Å². The minimum atomic E-state index is -0.496. The summed E-state index contributed by atoms with van der Waals surface area (Å²) in [5, 5.41) is 11.7. The summed E-state index contributed by atoms with van der Waals surface area (Å²) in [5.74, 6) is -0.496. The van der Waals surface area contributed by atoms with E-state index < -0.39 is 5.97 Å². The SMILES string of the molecule is CCCn1c2ccccc2c2cc(C(=O)OC)nc(CO)c21. The molecule has 0 aliphatic carbocycles. The average Bonchev–Trinajstić information content (AvgIpc) is 2.88. The Bertz CT molecular complexity index is 852. The lowest BCUT2D eigenvalue weighted by atomic mass is 10.1.